The number of methoxy groups -OCH3 is 3. The molecule has 1 aromatic heterocycles. The minimum Gasteiger partial charge on any atom is -0.493 e. The maximum absolute atomic E-state index is 12.4. The van der Waals surface area contributed by atoms with Crippen LogP contribution < -0.4 is 29.0 Å². The van der Waals surface area contributed by atoms with Gasteiger partial charge in [0.1, 0.15) is 13.2 Å². The van der Waals surface area contributed by atoms with Crippen molar-refractivity contribution in [2.24, 2.45) is 0 Å². The van der Waals surface area contributed by atoms with Crippen molar-refractivity contribution in [1.82, 2.24) is 4.98 Å². The lowest BCUT2D eigenvalue weighted by molar-refractivity contribution is -0.111. The molecule has 8 nitrogen and oxygen atoms in total. The molecule has 1 aliphatic heterocycles. The van der Waals surface area contributed by atoms with Crippen LogP contribution in [-0.4, -0.2) is 45.4 Å². The van der Waals surface area contributed by atoms with Gasteiger partial charge in [-0.1, -0.05) is 0 Å². The Morgan fingerprint density at radius 3 is 2.59 bits per heavy atom. The van der Waals surface area contributed by atoms with E-state index in [-0.39, 0.29) is 5.91 Å². The molecule has 166 valence electrons. The zero-order chi connectivity index (χ0) is 22.5. The zero-order valence-electron chi connectivity index (χ0n) is 17.8. The Hall–Kier alpha value is -3.72. The Balaban J connectivity index is 1.45. The van der Waals surface area contributed by atoms with Gasteiger partial charge in [0, 0.05) is 17.0 Å². The van der Waals surface area contributed by atoms with Crippen LogP contribution in [0.15, 0.2) is 41.8 Å². The molecule has 0 saturated carbocycles. The van der Waals surface area contributed by atoms with Gasteiger partial charge in [0.2, 0.25) is 11.7 Å². The van der Waals surface area contributed by atoms with Gasteiger partial charge in [0.15, 0.2) is 28.1 Å². The lowest BCUT2D eigenvalue weighted by Crippen LogP contribution is -2.16. The molecule has 0 radical (unpaired) electrons. The van der Waals surface area contributed by atoms with Crippen molar-refractivity contribution in [3.63, 3.8) is 0 Å². The van der Waals surface area contributed by atoms with E-state index in [4.69, 9.17) is 23.7 Å². The molecule has 0 bridgehead atoms. The Bertz CT molecular complexity index is 1140. The maximum atomic E-state index is 12.4. The smallest absolute Gasteiger partial charge is 0.250 e. The van der Waals surface area contributed by atoms with Crippen LogP contribution in [0.25, 0.3) is 17.3 Å². The molecule has 32 heavy (non-hydrogen) atoms. The summed E-state index contributed by atoms with van der Waals surface area (Å²) < 4.78 is 27.2. The van der Waals surface area contributed by atoms with Crippen LogP contribution in [0.1, 0.15) is 5.56 Å². The molecular formula is C23H22N2O6S. The lowest BCUT2D eigenvalue weighted by Gasteiger charge is -2.20. The highest BCUT2D eigenvalue weighted by Gasteiger charge is 2.18. The summed E-state index contributed by atoms with van der Waals surface area (Å²) in [6, 6.07) is 9.14. The van der Waals surface area contributed by atoms with Crippen molar-refractivity contribution in [3.05, 3.63) is 47.4 Å². The Morgan fingerprint density at radius 1 is 1.03 bits per heavy atom. The van der Waals surface area contributed by atoms with Gasteiger partial charge in [-0.15, -0.1) is 11.3 Å². The van der Waals surface area contributed by atoms with E-state index in [1.54, 1.807) is 39.5 Å². The van der Waals surface area contributed by atoms with Crippen LogP contribution in [-0.2, 0) is 4.79 Å². The second kappa shape index (κ2) is 9.61. The molecule has 9 heteroatoms. The van der Waals surface area contributed by atoms with E-state index < -0.39 is 0 Å². The standard InChI is InChI=1S/C23H22N2O6S/c1-27-17-6-5-15(12-18(17)28-2)16-13-32-23(24-16)25-21(26)7-4-14-10-19(29-3)22-20(11-14)30-8-9-31-22/h4-7,10-13H,8-9H2,1-3H3,(H,24,25,26)/b7-4+. The fraction of sp³-hybridized carbons (Fsp3) is 0.217. The largest absolute Gasteiger partial charge is 0.493 e. The number of thiazole rings is 1. The number of amides is 1. The molecule has 4 rings (SSSR count). The van der Waals surface area contributed by atoms with Gasteiger partial charge in [-0.25, -0.2) is 4.98 Å². The summed E-state index contributed by atoms with van der Waals surface area (Å²) in [5, 5.41) is 5.14. The van der Waals surface area contributed by atoms with Crippen LogP contribution in [0, 0.1) is 0 Å². The highest BCUT2D eigenvalue weighted by atomic mass is 32.1. The van der Waals surface area contributed by atoms with Crippen molar-refractivity contribution in [2.45, 2.75) is 0 Å². The molecular weight excluding hydrogens is 432 g/mol. The molecule has 1 aliphatic rings. The molecule has 2 heterocycles. The normalized spacial score (nSPS) is 12.5. The molecule has 0 saturated heterocycles. The first kappa shape index (κ1) is 21.5. The first-order valence-corrected chi connectivity index (χ1v) is 10.6. The predicted octanol–water partition coefficient (Wildman–Crippen LogP) is 4.26. The van der Waals surface area contributed by atoms with Gasteiger partial charge < -0.3 is 23.7 Å². The maximum Gasteiger partial charge on any atom is 0.250 e. The number of fused-ring (bicyclic) bond motifs is 1. The van der Waals surface area contributed by atoms with Gasteiger partial charge in [-0.05, 0) is 42.0 Å². The van der Waals surface area contributed by atoms with E-state index in [0.717, 1.165) is 16.8 Å². The number of benzene rings is 2. The van der Waals surface area contributed by atoms with E-state index in [2.05, 4.69) is 10.3 Å². The molecule has 0 atom stereocenters. The van der Waals surface area contributed by atoms with Crippen molar-refractivity contribution in [2.75, 3.05) is 39.9 Å². The van der Waals surface area contributed by atoms with Gasteiger partial charge in [0.05, 0.1) is 27.0 Å². The highest BCUT2D eigenvalue weighted by Crippen LogP contribution is 2.40. The number of carbonyl (C=O) groups excluding carboxylic acids is 1. The summed E-state index contributed by atoms with van der Waals surface area (Å²) in [6.07, 6.45) is 3.11. The second-order valence-electron chi connectivity index (χ2n) is 6.68. The van der Waals surface area contributed by atoms with Crippen molar-refractivity contribution < 1.29 is 28.5 Å². The Kier molecular flexibility index (Phi) is 6.46. The van der Waals surface area contributed by atoms with Crippen LogP contribution in [0.2, 0.25) is 0 Å². The predicted molar refractivity (Wildman–Crippen MR) is 122 cm³/mol. The summed E-state index contributed by atoms with van der Waals surface area (Å²) in [6.45, 7) is 0.941. The quantitative estimate of drug-likeness (QED) is 0.534. The summed E-state index contributed by atoms with van der Waals surface area (Å²) in [4.78, 5) is 16.9. The third-order valence-electron chi connectivity index (χ3n) is 4.69. The van der Waals surface area contributed by atoms with Gasteiger partial charge in [0.25, 0.3) is 0 Å². The van der Waals surface area contributed by atoms with Gasteiger partial charge in [-0.2, -0.15) is 0 Å². The first-order chi connectivity index (χ1) is 15.6. The average Bonchev–Trinajstić information content (AvgIpc) is 3.30. The van der Waals surface area contributed by atoms with Gasteiger partial charge in [-0.3, -0.25) is 10.1 Å². The van der Waals surface area contributed by atoms with E-state index >= 15 is 0 Å². The number of nitrogens with zero attached hydrogens (tertiary/aromatic N) is 1. The SMILES string of the molecule is COc1ccc(-c2csc(NC(=O)/C=C/c3cc(OC)c4c(c3)OCCO4)n2)cc1OC. The summed E-state index contributed by atoms with van der Waals surface area (Å²) in [5.74, 6) is 2.68. The Morgan fingerprint density at radius 2 is 1.81 bits per heavy atom. The summed E-state index contributed by atoms with van der Waals surface area (Å²) in [5.41, 5.74) is 2.34. The highest BCUT2D eigenvalue weighted by molar-refractivity contribution is 7.14. The van der Waals surface area contributed by atoms with E-state index in [1.807, 2.05) is 23.6 Å². The third-order valence-corrected chi connectivity index (χ3v) is 5.45. The summed E-state index contributed by atoms with van der Waals surface area (Å²) in [7, 11) is 4.73. The first-order valence-electron chi connectivity index (χ1n) is 9.76. The number of hydrogen-bond acceptors (Lipinski definition) is 8. The molecule has 0 spiro atoms. The fourth-order valence-electron chi connectivity index (χ4n) is 3.17. The number of rotatable bonds is 7. The Labute approximate surface area is 189 Å². The zero-order valence-corrected chi connectivity index (χ0v) is 18.7. The number of hydrogen-bond donors (Lipinski definition) is 1. The molecule has 3 aromatic rings. The summed E-state index contributed by atoms with van der Waals surface area (Å²) >= 11 is 1.34. The monoisotopic (exact) mass is 454 g/mol. The molecule has 2 aromatic carbocycles. The minimum atomic E-state index is -0.299. The van der Waals surface area contributed by atoms with Crippen LogP contribution in [0.3, 0.4) is 0 Å². The number of ether oxygens (including phenoxy) is 5. The average molecular weight is 455 g/mol. The lowest BCUT2D eigenvalue weighted by atomic mass is 10.1. The van der Waals surface area contributed by atoms with Crippen LogP contribution >= 0.6 is 11.3 Å². The molecule has 0 fully saturated rings. The van der Waals surface area contributed by atoms with E-state index in [0.29, 0.717) is 47.1 Å². The number of nitrogens with one attached hydrogen (secondary N) is 1. The molecule has 1 N–H and O–H groups in total. The number of aromatic nitrogens is 1. The topological polar surface area (TPSA) is 88.1 Å². The molecule has 0 unspecified atom stereocenters. The number of anilines is 1. The second-order valence-corrected chi connectivity index (χ2v) is 7.54. The van der Waals surface area contributed by atoms with Crippen molar-refractivity contribution in [3.8, 4) is 40.0 Å². The molecule has 1 amide bonds. The fourth-order valence-corrected chi connectivity index (χ4v) is 3.89. The van der Waals surface area contributed by atoms with Crippen LogP contribution in [0.4, 0.5) is 5.13 Å². The van der Waals surface area contributed by atoms with E-state index in [9.17, 15) is 4.79 Å². The molecule has 0 aliphatic carbocycles. The van der Waals surface area contributed by atoms with E-state index in [1.165, 1.54) is 17.4 Å². The minimum absolute atomic E-state index is 0.299. The van der Waals surface area contributed by atoms with Crippen molar-refractivity contribution in [1.29, 1.82) is 0 Å². The number of carbonyl (C=O) groups is 1. The van der Waals surface area contributed by atoms with Crippen LogP contribution in [0.5, 0.6) is 28.7 Å². The third kappa shape index (κ3) is 4.62. The van der Waals surface area contributed by atoms with Gasteiger partial charge >= 0.3 is 0 Å². The van der Waals surface area contributed by atoms with Crippen molar-refractivity contribution >= 4 is 28.5 Å².